The fraction of sp³-hybridized carbons (Fsp3) is 0.0800. The molecule has 0 heterocycles. The van der Waals surface area contributed by atoms with Crippen molar-refractivity contribution in [3.63, 3.8) is 0 Å². The number of nitrogens with one attached hydrogen (secondary N) is 1. The zero-order valence-electron chi connectivity index (χ0n) is 16.9. The molecule has 3 aromatic carbocycles. The molecule has 0 atom stereocenters. The van der Waals surface area contributed by atoms with Crippen molar-refractivity contribution in [1.82, 2.24) is 5.32 Å². The number of carboxylic acid groups (broad SMARTS) is 1. The number of hydrogen-bond acceptors (Lipinski definition) is 4. The van der Waals surface area contributed by atoms with Crippen molar-refractivity contribution in [2.24, 2.45) is 0 Å². The van der Waals surface area contributed by atoms with Gasteiger partial charge in [0.15, 0.2) is 0 Å². The van der Waals surface area contributed by atoms with E-state index in [4.69, 9.17) is 21.4 Å². The first-order chi connectivity index (χ1) is 15.5. The third-order valence-corrected chi connectivity index (χ3v) is 4.82. The highest BCUT2D eigenvalue weighted by Crippen LogP contribution is 2.27. The predicted molar refractivity (Wildman–Crippen MR) is 121 cm³/mol. The van der Waals surface area contributed by atoms with Crippen LogP contribution in [0.1, 0.15) is 27.0 Å². The number of rotatable bonds is 8. The van der Waals surface area contributed by atoms with Crippen molar-refractivity contribution in [2.45, 2.75) is 13.2 Å². The summed E-state index contributed by atoms with van der Waals surface area (Å²) in [6, 6.07) is 22.6. The van der Waals surface area contributed by atoms with Gasteiger partial charge in [0.2, 0.25) is 0 Å². The van der Waals surface area contributed by atoms with Crippen LogP contribution in [0.25, 0.3) is 6.08 Å². The van der Waals surface area contributed by atoms with Crippen molar-refractivity contribution in [3.8, 4) is 11.8 Å². The van der Waals surface area contributed by atoms with Gasteiger partial charge in [-0.1, -0.05) is 60.1 Å². The Morgan fingerprint density at radius 1 is 1.03 bits per heavy atom. The van der Waals surface area contributed by atoms with Gasteiger partial charge in [-0.05, 0) is 47.0 Å². The smallest absolute Gasteiger partial charge is 0.335 e. The summed E-state index contributed by atoms with van der Waals surface area (Å²) in [5, 5.41) is 21.4. The average Bonchev–Trinajstić information content (AvgIpc) is 2.81. The molecule has 0 radical (unpaired) electrons. The maximum Gasteiger partial charge on any atom is 0.335 e. The Hall–Kier alpha value is -4.08. The molecule has 0 bridgehead atoms. The first-order valence-corrected chi connectivity index (χ1v) is 10.0. The quantitative estimate of drug-likeness (QED) is 0.381. The zero-order valence-corrected chi connectivity index (χ0v) is 17.7. The third-order valence-electron chi connectivity index (χ3n) is 4.52. The summed E-state index contributed by atoms with van der Waals surface area (Å²) in [6.07, 6.45) is 1.46. The molecular weight excluding hydrogens is 428 g/mol. The lowest BCUT2D eigenvalue weighted by Gasteiger charge is -2.09. The van der Waals surface area contributed by atoms with E-state index in [1.807, 2.05) is 36.4 Å². The topological polar surface area (TPSA) is 99.4 Å². The molecule has 0 unspecified atom stereocenters. The van der Waals surface area contributed by atoms with Crippen LogP contribution in [0.3, 0.4) is 0 Å². The van der Waals surface area contributed by atoms with E-state index in [9.17, 15) is 14.9 Å². The van der Waals surface area contributed by atoms with Crippen LogP contribution in [0.15, 0.2) is 78.4 Å². The molecular formula is C25H19ClN2O4. The van der Waals surface area contributed by atoms with E-state index in [1.165, 1.54) is 18.2 Å². The fourth-order valence-electron chi connectivity index (χ4n) is 2.82. The van der Waals surface area contributed by atoms with Gasteiger partial charge in [0, 0.05) is 6.54 Å². The molecule has 0 aliphatic rings. The summed E-state index contributed by atoms with van der Waals surface area (Å²) in [6.45, 7) is 0.528. The normalized spacial score (nSPS) is 10.8. The summed E-state index contributed by atoms with van der Waals surface area (Å²) in [5.74, 6) is -1.04. The van der Waals surface area contributed by atoms with Gasteiger partial charge in [0.25, 0.3) is 5.91 Å². The summed E-state index contributed by atoms with van der Waals surface area (Å²) >= 11 is 6.29. The number of carbonyl (C=O) groups is 2. The number of amides is 1. The van der Waals surface area contributed by atoms with E-state index >= 15 is 0 Å². The van der Waals surface area contributed by atoms with E-state index < -0.39 is 11.9 Å². The molecule has 0 aliphatic carbocycles. The van der Waals surface area contributed by atoms with Crippen LogP contribution >= 0.6 is 11.6 Å². The largest absolute Gasteiger partial charge is 0.487 e. The molecule has 0 aliphatic heterocycles. The lowest BCUT2D eigenvalue weighted by Crippen LogP contribution is -2.23. The van der Waals surface area contributed by atoms with E-state index in [1.54, 1.807) is 30.3 Å². The minimum absolute atomic E-state index is 0.0378. The number of hydrogen-bond donors (Lipinski definition) is 2. The highest BCUT2D eigenvalue weighted by atomic mass is 35.5. The van der Waals surface area contributed by atoms with E-state index in [-0.39, 0.29) is 17.7 Å². The summed E-state index contributed by atoms with van der Waals surface area (Å²) in [4.78, 5) is 23.2. The molecule has 160 valence electrons. The number of carbonyl (C=O) groups excluding carboxylic acids is 1. The van der Waals surface area contributed by atoms with Gasteiger partial charge in [-0.2, -0.15) is 5.26 Å². The molecule has 0 fully saturated rings. The predicted octanol–water partition coefficient (Wildman–Crippen LogP) is 4.84. The molecule has 1 amide bonds. The maximum atomic E-state index is 12.3. The van der Waals surface area contributed by atoms with Crippen molar-refractivity contribution in [2.75, 3.05) is 0 Å². The van der Waals surface area contributed by atoms with Crippen molar-refractivity contribution >= 4 is 29.6 Å². The monoisotopic (exact) mass is 446 g/mol. The van der Waals surface area contributed by atoms with Gasteiger partial charge in [-0.25, -0.2) is 4.79 Å². The molecule has 0 spiro atoms. The molecule has 32 heavy (non-hydrogen) atoms. The Morgan fingerprint density at radius 2 is 1.75 bits per heavy atom. The van der Waals surface area contributed by atoms with Crippen LogP contribution in [0, 0.1) is 11.3 Å². The van der Waals surface area contributed by atoms with Crippen molar-refractivity contribution in [3.05, 3.63) is 106 Å². The molecule has 6 nitrogen and oxygen atoms in total. The second-order valence-electron chi connectivity index (χ2n) is 6.82. The van der Waals surface area contributed by atoms with Crippen LogP contribution in [0.5, 0.6) is 5.75 Å². The van der Waals surface area contributed by atoms with Gasteiger partial charge >= 0.3 is 5.97 Å². The number of halogens is 1. The first kappa shape index (κ1) is 22.6. The van der Waals surface area contributed by atoms with Crippen LogP contribution in [-0.2, 0) is 17.9 Å². The SMILES string of the molecule is N#C/C(=C\c1ccc(OCc2ccc(C(=O)O)cc2)c(Cl)c1)C(=O)NCc1ccccc1. The molecule has 3 aromatic rings. The second-order valence-corrected chi connectivity index (χ2v) is 7.23. The Bertz CT molecular complexity index is 1180. The number of benzene rings is 3. The average molecular weight is 447 g/mol. The van der Waals surface area contributed by atoms with Crippen molar-refractivity contribution < 1.29 is 19.4 Å². The van der Waals surface area contributed by atoms with Gasteiger partial charge in [0.05, 0.1) is 10.6 Å². The standard InChI is InChI=1S/C25H19ClN2O4/c26-22-13-19(12-21(14-27)24(29)28-15-17-4-2-1-3-5-17)8-11-23(22)32-16-18-6-9-20(10-7-18)25(30)31/h1-13H,15-16H2,(H,28,29)(H,30,31)/b21-12+. The number of carboxylic acids is 1. The molecule has 2 N–H and O–H groups in total. The lowest BCUT2D eigenvalue weighted by atomic mass is 10.1. The lowest BCUT2D eigenvalue weighted by molar-refractivity contribution is -0.117. The molecule has 0 saturated heterocycles. The van der Waals surface area contributed by atoms with Gasteiger partial charge in [0.1, 0.15) is 24.0 Å². The summed E-state index contributed by atoms with van der Waals surface area (Å²) in [5.41, 5.74) is 2.46. The Kier molecular flexibility index (Phi) is 7.63. The van der Waals surface area contributed by atoms with Crippen LogP contribution in [0.4, 0.5) is 0 Å². The zero-order chi connectivity index (χ0) is 22.9. The second kappa shape index (κ2) is 10.8. The van der Waals surface area contributed by atoms with E-state index in [0.717, 1.165) is 11.1 Å². The molecule has 0 saturated carbocycles. The minimum atomic E-state index is -0.991. The first-order valence-electron chi connectivity index (χ1n) is 9.65. The van der Waals surface area contributed by atoms with Crippen LogP contribution in [-0.4, -0.2) is 17.0 Å². The summed E-state index contributed by atoms with van der Waals surface area (Å²) < 4.78 is 5.70. The minimum Gasteiger partial charge on any atom is -0.487 e. The Morgan fingerprint density at radius 3 is 2.38 bits per heavy atom. The van der Waals surface area contributed by atoms with E-state index in [2.05, 4.69) is 5.32 Å². The number of ether oxygens (including phenoxy) is 1. The Balaban J connectivity index is 1.63. The van der Waals surface area contributed by atoms with Gasteiger partial charge in [-0.3, -0.25) is 4.79 Å². The van der Waals surface area contributed by atoms with Gasteiger partial charge < -0.3 is 15.2 Å². The highest BCUT2D eigenvalue weighted by molar-refractivity contribution is 6.32. The van der Waals surface area contributed by atoms with E-state index in [0.29, 0.717) is 22.9 Å². The van der Waals surface area contributed by atoms with Crippen molar-refractivity contribution in [1.29, 1.82) is 5.26 Å². The fourth-order valence-corrected chi connectivity index (χ4v) is 3.06. The van der Waals surface area contributed by atoms with Crippen LogP contribution < -0.4 is 10.1 Å². The molecule has 0 aromatic heterocycles. The van der Waals surface area contributed by atoms with Crippen LogP contribution in [0.2, 0.25) is 5.02 Å². The maximum absolute atomic E-state index is 12.3. The van der Waals surface area contributed by atoms with Gasteiger partial charge in [-0.15, -0.1) is 0 Å². The highest BCUT2D eigenvalue weighted by Gasteiger charge is 2.10. The molecule has 3 rings (SSSR count). The third kappa shape index (κ3) is 6.21. The number of nitrogens with zero attached hydrogens (tertiary/aromatic N) is 1. The number of aromatic carboxylic acids is 1. The Labute approximate surface area is 190 Å². The summed E-state index contributed by atoms with van der Waals surface area (Å²) in [7, 11) is 0. The number of nitriles is 1. The molecule has 7 heteroatoms.